The van der Waals surface area contributed by atoms with Crippen LogP contribution in [0.3, 0.4) is 0 Å². The monoisotopic (exact) mass is 429 g/mol. The Morgan fingerprint density at radius 1 is 1.23 bits per heavy atom. The lowest BCUT2D eigenvalue weighted by atomic mass is 9.72. The summed E-state index contributed by atoms with van der Waals surface area (Å²) in [5.74, 6) is -0.208. The SMILES string of the molecule is Cc1cc2c(cnn2-c2ccc(F)cc2)cc1C12CC(O)CC1CN(S(C)(=O)=O)C2. The molecule has 0 radical (unpaired) electrons. The normalized spacial score (nSPS) is 27.1. The summed E-state index contributed by atoms with van der Waals surface area (Å²) in [6.07, 6.45) is 3.78. The van der Waals surface area contributed by atoms with E-state index in [-0.39, 0.29) is 11.7 Å². The number of halogens is 1. The van der Waals surface area contributed by atoms with Gasteiger partial charge in [0.1, 0.15) is 5.82 Å². The van der Waals surface area contributed by atoms with Crippen LogP contribution in [-0.4, -0.2) is 53.1 Å². The van der Waals surface area contributed by atoms with Crippen molar-refractivity contribution >= 4 is 20.9 Å². The van der Waals surface area contributed by atoms with E-state index in [9.17, 15) is 17.9 Å². The van der Waals surface area contributed by atoms with Crippen molar-refractivity contribution in [3.8, 4) is 5.69 Å². The molecule has 1 aromatic heterocycles. The number of aromatic nitrogens is 2. The first-order chi connectivity index (χ1) is 14.2. The van der Waals surface area contributed by atoms with E-state index >= 15 is 0 Å². The second kappa shape index (κ2) is 6.60. The first-order valence-corrected chi connectivity index (χ1v) is 11.9. The Morgan fingerprint density at radius 3 is 2.67 bits per heavy atom. The van der Waals surface area contributed by atoms with Crippen LogP contribution >= 0.6 is 0 Å². The molecule has 3 unspecified atom stereocenters. The quantitative estimate of drug-likeness (QED) is 0.695. The molecule has 1 saturated heterocycles. The largest absolute Gasteiger partial charge is 0.393 e. The van der Waals surface area contributed by atoms with Gasteiger partial charge in [0.15, 0.2) is 0 Å². The number of hydrogen-bond acceptors (Lipinski definition) is 4. The number of fused-ring (bicyclic) bond motifs is 2. The van der Waals surface area contributed by atoms with Crippen molar-refractivity contribution < 1.29 is 17.9 Å². The van der Waals surface area contributed by atoms with Crippen molar-refractivity contribution in [3.63, 3.8) is 0 Å². The molecule has 1 saturated carbocycles. The van der Waals surface area contributed by atoms with Crippen LogP contribution in [0.1, 0.15) is 24.0 Å². The smallest absolute Gasteiger partial charge is 0.211 e. The Labute approximate surface area is 175 Å². The van der Waals surface area contributed by atoms with Crippen molar-refractivity contribution in [2.75, 3.05) is 19.3 Å². The number of rotatable bonds is 3. The average Bonchev–Trinajstić information content (AvgIpc) is 3.31. The molecule has 2 heterocycles. The van der Waals surface area contributed by atoms with Crippen LogP contribution in [0.4, 0.5) is 4.39 Å². The summed E-state index contributed by atoms with van der Waals surface area (Å²) < 4.78 is 41.1. The Morgan fingerprint density at radius 2 is 1.97 bits per heavy atom. The fraction of sp³-hybridized carbons (Fsp3) is 0.409. The summed E-state index contributed by atoms with van der Waals surface area (Å²) in [6, 6.07) is 10.3. The molecule has 2 aliphatic rings. The van der Waals surface area contributed by atoms with Gasteiger partial charge in [0.05, 0.1) is 29.8 Å². The Hall–Kier alpha value is -2.29. The molecule has 158 valence electrons. The third kappa shape index (κ3) is 2.97. The average molecular weight is 430 g/mol. The summed E-state index contributed by atoms with van der Waals surface area (Å²) in [5.41, 5.74) is 3.42. The zero-order valence-electron chi connectivity index (χ0n) is 16.9. The topological polar surface area (TPSA) is 75.4 Å². The molecule has 3 atom stereocenters. The van der Waals surface area contributed by atoms with Crippen LogP contribution in [0.2, 0.25) is 0 Å². The lowest BCUT2D eigenvalue weighted by Crippen LogP contribution is -2.35. The molecule has 0 amide bonds. The molecule has 1 aliphatic heterocycles. The lowest BCUT2D eigenvalue weighted by molar-refractivity contribution is 0.166. The van der Waals surface area contributed by atoms with E-state index in [4.69, 9.17) is 0 Å². The number of aliphatic hydroxyl groups is 1. The van der Waals surface area contributed by atoms with E-state index in [1.807, 2.05) is 6.92 Å². The van der Waals surface area contributed by atoms with Gasteiger partial charge in [0.2, 0.25) is 10.0 Å². The number of hydrogen-bond donors (Lipinski definition) is 1. The van der Waals surface area contributed by atoms with Crippen LogP contribution in [0.5, 0.6) is 0 Å². The van der Waals surface area contributed by atoms with Crippen molar-refractivity contribution in [3.05, 3.63) is 59.5 Å². The van der Waals surface area contributed by atoms with Gasteiger partial charge in [-0.15, -0.1) is 0 Å². The maximum absolute atomic E-state index is 13.3. The predicted molar refractivity (Wildman–Crippen MR) is 113 cm³/mol. The molecule has 0 spiro atoms. The van der Waals surface area contributed by atoms with Crippen LogP contribution in [0.15, 0.2) is 42.6 Å². The summed E-state index contributed by atoms with van der Waals surface area (Å²) in [6.45, 7) is 2.87. The van der Waals surface area contributed by atoms with E-state index in [2.05, 4.69) is 17.2 Å². The fourth-order valence-corrected chi connectivity index (χ4v) is 6.38. The second-order valence-corrected chi connectivity index (χ2v) is 10.7. The Kier molecular flexibility index (Phi) is 4.33. The van der Waals surface area contributed by atoms with E-state index in [0.717, 1.165) is 27.7 Å². The van der Waals surface area contributed by atoms with E-state index in [1.165, 1.54) is 18.4 Å². The summed E-state index contributed by atoms with van der Waals surface area (Å²) >= 11 is 0. The van der Waals surface area contributed by atoms with Crippen molar-refractivity contribution in [2.24, 2.45) is 5.92 Å². The molecule has 1 aliphatic carbocycles. The highest BCUT2D eigenvalue weighted by molar-refractivity contribution is 7.88. The molecule has 2 aromatic carbocycles. The first kappa shape index (κ1) is 19.7. The molecule has 1 N–H and O–H groups in total. The van der Waals surface area contributed by atoms with E-state index in [1.54, 1.807) is 27.3 Å². The molecule has 2 fully saturated rings. The van der Waals surface area contributed by atoms with Gasteiger partial charge in [-0.25, -0.2) is 21.8 Å². The molecule has 0 bridgehead atoms. The summed E-state index contributed by atoms with van der Waals surface area (Å²) in [5, 5.41) is 15.8. The standard InChI is InChI=1S/C22H24FN3O3S/c1-14-7-21-15(11-24-26(21)18-5-3-17(23)4-6-18)8-20(14)22-10-19(27)9-16(22)12-25(13-22)30(2,28)29/h3-8,11,16,19,27H,9-10,12-13H2,1-2H3. The van der Waals surface area contributed by atoms with Gasteiger partial charge in [0, 0.05) is 23.9 Å². The van der Waals surface area contributed by atoms with Crippen LogP contribution in [0, 0.1) is 18.7 Å². The number of nitrogens with zero attached hydrogens (tertiary/aromatic N) is 3. The molecule has 30 heavy (non-hydrogen) atoms. The second-order valence-electron chi connectivity index (χ2n) is 8.76. The Bertz CT molecular complexity index is 1240. The summed E-state index contributed by atoms with van der Waals surface area (Å²) in [7, 11) is -3.29. The summed E-state index contributed by atoms with van der Waals surface area (Å²) in [4.78, 5) is 0. The van der Waals surface area contributed by atoms with Gasteiger partial charge in [-0.1, -0.05) is 0 Å². The zero-order valence-corrected chi connectivity index (χ0v) is 17.7. The minimum Gasteiger partial charge on any atom is -0.393 e. The predicted octanol–water partition coefficient (Wildman–Crippen LogP) is 2.76. The van der Waals surface area contributed by atoms with E-state index < -0.39 is 21.5 Å². The number of sulfonamides is 1. The fourth-order valence-electron chi connectivity index (χ4n) is 5.46. The van der Waals surface area contributed by atoms with Gasteiger partial charge in [-0.05, 0) is 73.2 Å². The number of aryl methyl sites for hydroxylation is 1. The van der Waals surface area contributed by atoms with E-state index in [0.29, 0.717) is 25.9 Å². The highest BCUT2D eigenvalue weighted by Gasteiger charge is 2.55. The van der Waals surface area contributed by atoms with Crippen LogP contribution in [-0.2, 0) is 15.4 Å². The number of aliphatic hydroxyl groups excluding tert-OH is 1. The lowest BCUT2D eigenvalue weighted by Gasteiger charge is -2.31. The van der Waals surface area contributed by atoms with Gasteiger partial charge in [-0.2, -0.15) is 5.10 Å². The van der Waals surface area contributed by atoms with Gasteiger partial charge >= 0.3 is 0 Å². The molecule has 8 heteroatoms. The zero-order chi connectivity index (χ0) is 21.3. The molecule has 5 rings (SSSR count). The first-order valence-electron chi connectivity index (χ1n) is 10.1. The number of benzene rings is 2. The highest BCUT2D eigenvalue weighted by atomic mass is 32.2. The van der Waals surface area contributed by atoms with Crippen molar-refractivity contribution in [2.45, 2.75) is 31.3 Å². The maximum Gasteiger partial charge on any atom is 0.211 e. The Balaban J connectivity index is 1.62. The molecular formula is C22H24FN3O3S. The molecule has 3 aromatic rings. The van der Waals surface area contributed by atoms with Crippen LogP contribution < -0.4 is 0 Å². The third-order valence-corrected chi connectivity index (χ3v) is 8.03. The van der Waals surface area contributed by atoms with Crippen LogP contribution in [0.25, 0.3) is 16.6 Å². The van der Waals surface area contributed by atoms with Gasteiger partial charge in [-0.3, -0.25) is 0 Å². The minimum atomic E-state index is -3.29. The maximum atomic E-state index is 13.3. The highest BCUT2D eigenvalue weighted by Crippen LogP contribution is 2.52. The minimum absolute atomic E-state index is 0.0884. The van der Waals surface area contributed by atoms with Gasteiger partial charge in [0.25, 0.3) is 0 Å². The van der Waals surface area contributed by atoms with Gasteiger partial charge < -0.3 is 5.11 Å². The van der Waals surface area contributed by atoms with Crippen molar-refractivity contribution in [1.82, 2.24) is 14.1 Å². The van der Waals surface area contributed by atoms with Crippen molar-refractivity contribution in [1.29, 1.82) is 0 Å². The molecule has 6 nitrogen and oxygen atoms in total. The molecular weight excluding hydrogens is 405 g/mol. The third-order valence-electron chi connectivity index (χ3n) is 6.81.